The summed E-state index contributed by atoms with van der Waals surface area (Å²) in [5.41, 5.74) is 0. The van der Waals surface area contributed by atoms with Gasteiger partial charge in [0.2, 0.25) is 0 Å². The predicted molar refractivity (Wildman–Crippen MR) is 67.0 cm³/mol. The van der Waals surface area contributed by atoms with Crippen molar-refractivity contribution in [2.75, 3.05) is 19.8 Å². The van der Waals surface area contributed by atoms with E-state index in [9.17, 15) is 0 Å². The largest absolute Gasteiger partial charge is 0.378 e. The van der Waals surface area contributed by atoms with Crippen molar-refractivity contribution in [2.45, 2.75) is 70.2 Å². The molecule has 2 aliphatic rings. The molecule has 0 amide bonds. The molecule has 1 heterocycles. The quantitative estimate of drug-likeness (QED) is 0.669. The summed E-state index contributed by atoms with van der Waals surface area (Å²) in [6.07, 6.45) is 9.78. The van der Waals surface area contributed by atoms with Gasteiger partial charge in [0, 0.05) is 19.4 Å². The monoisotopic (exact) mass is 242 g/mol. The van der Waals surface area contributed by atoms with Crippen molar-refractivity contribution in [3.8, 4) is 0 Å². The Balaban J connectivity index is 1.56. The third-order valence-corrected chi connectivity index (χ3v) is 3.86. The van der Waals surface area contributed by atoms with Crippen molar-refractivity contribution in [3.05, 3.63) is 0 Å². The maximum absolute atomic E-state index is 5.92. The van der Waals surface area contributed by atoms with E-state index in [1.807, 2.05) is 0 Å². The molecular weight excluding hydrogens is 216 g/mol. The zero-order chi connectivity index (χ0) is 12.0. The van der Waals surface area contributed by atoms with Crippen LogP contribution >= 0.6 is 0 Å². The van der Waals surface area contributed by atoms with E-state index in [2.05, 4.69) is 6.92 Å². The molecule has 0 aromatic rings. The van der Waals surface area contributed by atoms with E-state index in [4.69, 9.17) is 14.2 Å². The van der Waals surface area contributed by atoms with Gasteiger partial charge in [-0.15, -0.1) is 0 Å². The third-order valence-electron chi connectivity index (χ3n) is 3.86. The second-order valence-electron chi connectivity index (χ2n) is 5.24. The smallest absolute Gasteiger partial charge is 0.168 e. The van der Waals surface area contributed by atoms with Gasteiger partial charge in [0.1, 0.15) is 0 Å². The SMILES string of the molecule is CCCCCCOC1CCC2(CC1)OCCO2. The van der Waals surface area contributed by atoms with Crippen LogP contribution < -0.4 is 0 Å². The predicted octanol–water partition coefficient (Wildman–Crippen LogP) is 3.27. The van der Waals surface area contributed by atoms with Gasteiger partial charge in [-0.05, 0) is 19.3 Å². The van der Waals surface area contributed by atoms with Gasteiger partial charge in [-0.2, -0.15) is 0 Å². The standard InChI is InChI=1S/C14H26O3/c1-2-3-4-5-10-15-13-6-8-14(9-7-13)16-11-12-17-14/h13H,2-12H2,1H3. The van der Waals surface area contributed by atoms with Crippen LogP contribution in [0.2, 0.25) is 0 Å². The summed E-state index contributed by atoms with van der Waals surface area (Å²) in [5.74, 6) is -0.234. The molecule has 1 saturated carbocycles. The van der Waals surface area contributed by atoms with Crippen LogP contribution in [0.1, 0.15) is 58.3 Å². The van der Waals surface area contributed by atoms with Gasteiger partial charge in [-0.1, -0.05) is 26.2 Å². The molecule has 0 radical (unpaired) electrons. The summed E-state index contributed by atoms with van der Waals surface area (Å²) >= 11 is 0. The van der Waals surface area contributed by atoms with Gasteiger partial charge in [0.05, 0.1) is 19.3 Å². The van der Waals surface area contributed by atoms with E-state index < -0.39 is 0 Å². The van der Waals surface area contributed by atoms with E-state index in [1.165, 1.54) is 25.7 Å². The minimum Gasteiger partial charge on any atom is -0.378 e. The highest BCUT2D eigenvalue weighted by Crippen LogP contribution is 2.36. The number of rotatable bonds is 6. The Bertz CT molecular complexity index is 202. The van der Waals surface area contributed by atoms with Crippen LogP contribution in [0.15, 0.2) is 0 Å². The molecule has 0 aromatic carbocycles. The molecule has 1 aliphatic heterocycles. The lowest BCUT2D eigenvalue weighted by molar-refractivity contribution is -0.191. The first-order valence-corrected chi connectivity index (χ1v) is 7.24. The number of hydrogen-bond donors (Lipinski definition) is 0. The van der Waals surface area contributed by atoms with Crippen LogP contribution in [0.25, 0.3) is 0 Å². The Morgan fingerprint density at radius 1 is 1.06 bits per heavy atom. The maximum Gasteiger partial charge on any atom is 0.168 e. The molecule has 0 N–H and O–H groups in total. The number of hydrogen-bond acceptors (Lipinski definition) is 3. The van der Waals surface area contributed by atoms with Crippen molar-refractivity contribution in [2.24, 2.45) is 0 Å². The molecule has 0 bridgehead atoms. The average Bonchev–Trinajstić information content (AvgIpc) is 2.80. The number of ether oxygens (including phenoxy) is 3. The van der Waals surface area contributed by atoms with Crippen LogP contribution in [0.3, 0.4) is 0 Å². The Kier molecular flexibility index (Phi) is 5.26. The van der Waals surface area contributed by atoms with E-state index in [-0.39, 0.29) is 5.79 Å². The first-order chi connectivity index (χ1) is 8.35. The lowest BCUT2D eigenvalue weighted by Gasteiger charge is -2.35. The lowest BCUT2D eigenvalue weighted by Crippen LogP contribution is -2.37. The van der Waals surface area contributed by atoms with Crippen molar-refractivity contribution in [1.82, 2.24) is 0 Å². The highest BCUT2D eigenvalue weighted by Gasteiger charge is 2.40. The summed E-state index contributed by atoms with van der Waals surface area (Å²) < 4.78 is 17.3. The minimum absolute atomic E-state index is 0.234. The average molecular weight is 242 g/mol. The Hall–Kier alpha value is -0.120. The van der Waals surface area contributed by atoms with E-state index in [0.29, 0.717) is 6.10 Å². The Labute approximate surface area is 105 Å². The molecule has 1 spiro atoms. The van der Waals surface area contributed by atoms with Gasteiger partial charge in [0.15, 0.2) is 5.79 Å². The Morgan fingerprint density at radius 3 is 2.41 bits per heavy atom. The van der Waals surface area contributed by atoms with Gasteiger partial charge in [0.25, 0.3) is 0 Å². The van der Waals surface area contributed by atoms with Gasteiger partial charge in [-0.25, -0.2) is 0 Å². The third kappa shape index (κ3) is 3.94. The van der Waals surface area contributed by atoms with Crippen molar-refractivity contribution in [1.29, 1.82) is 0 Å². The normalized spacial score (nSPS) is 24.5. The molecule has 17 heavy (non-hydrogen) atoms. The summed E-state index contributed by atoms with van der Waals surface area (Å²) in [5, 5.41) is 0. The fourth-order valence-corrected chi connectivity index (χ4v) is 2.76. The zero-order valence-electron chi connectivity index (χ0n) is 11.1. The molecule has 1 saturated heterocycles. The first kappa shape index (κ1) is 13.3. The highest BCUT2D eigenvalue weighted by molar-refractivity contribution is 4.82. The molecule has 0 atom stereocenters. The van der Waals surface area contributed by atoms with Gasteiger partial charge < -0.3 is 14.2 Å². The molecule has 0 unspecified atom stereocenters. The van der Waals surface area contributed by atoms with Crippen LogP contribution in [0.4, 0.5) is 0 Å². The lowest BCUT2D eigenvalue weighted by atomic mass is 9.92. The fraction of sp³-hybridized carbons (Fsp3) is 1.00. The molecule has 0 aromatic heterocycles. The number of unbranched alkanes of at least 4 members (excludes halogenated alkanes) is 3. The molecule has 2 fully saturated rings. The summed E-state index contributed by atoms with van der Waals surface area (Å²) in [6.45, 7) is 4.70. The molecular formula is C14H26O3. The summed E-state index contributed by atoms with van der Waals surface area (Å²) in [4.78, 5) is 0. The van der Waals surface area contributed by atoms with Gasteiger partial charge >= 0.3 is 0 Å². The van der Waals surface area contributed by atoms with Crippen LogP contribution in [0.5, 0.6) is 0 Å². The van der Waals surface area contributed by atoms with E-state index in [1.54, 1.807) is 0 Å². The molecule has 3 nitrogen and oxygen atoms in total. The van der Waals surface area contributed by atoms with Crippen molar-refractivity contribution < 1.29 is 14.2 Å². The van der Waals surface area contributed by atoms with Crippen molar-refractivity contribution >= 4 is 0 Å². The van der Waals surface area contributed by atoms with Crippen LogP contribution in [-0.2, 0) is 14.2 Å². The minimum atomic E-state index is -0.234. The summed E-state index contributed by atoms with van der Waals surface area (Å²) in [7, 11) is 0. The molecule has 1 aliphatic carbocycles. The fourth-order valence-electron chi connectivity index (χ4n) is 2.76. The zero-order valence-corrected chi connectivity index (χ0v) is 11.1. The molecule has 3 heteroatoms. The van der Waals surface area contributed by atoms with Crippen LogP contribution in [-0.4, -0.2) is 31.7 Å². The Morgan fingerprint density at radius 2 is 1.76 bits per heavy atom. The molecule has 100 valence electrons. The van der Waals surface area contributed by atoms with Gasteiger partial charge in [-0.3, -0.25) is 0 Å². The second-order valence-corrected chi connectivity index (χ2v) is 5.24. The van der Waals surface area contributed by atoms with E-state index >= 15 is 0 Å². The second kappa shape index (κ2) is 6.72. The van der Waals surface area contributed by atoms with E-state index in [0.717, 1.165) is 45.5 Å². The highest BCUT2D eigenvalue weighted by atomic mass is 16.7. The van der Waals surface area contributed by atoms with Crippen LogP contribution in [0, 0.1) is 0 Å². The van der Waals surface area contributed by atoms with Crippen molar-refractivity contribution in [3.63, 3.8) is 0 Å². The first-order valence-electron chi connectivity index (χ1n) is 7.24. The summed E-state index contributed by atoms with van der Waals surface area (Å²) in [6, 6.07) is 0. The molecule has 2 rings (SSSR count). The maximum atomic E-state index is 5.92. The topological polar surface area (TPSA) is 27.7 Å².